The summed E-state index contributed by atoms with van der Waals surface area (Å²) in [4.78, 5) is 24.7. The maximum Gasteiger partial charge on any atom is 0.247 e. The van der Waals surface area contributed by atoms with E-state index in [2.05, 4.69) is 4.98 Å². The number of pyridine rings is 1. The van der Waals surface area contributed by atoms with Gasteiger partial charge in [-0.3, -0.25) is 14.7 Å². The van der Waals surface area contributed by atoms with E-state index in [0.29, 0.717) is 39.0 Å². The molecule has 37 heavy (non-hydrogen) atoms. The third-order valence-corrected chi connectivity index (χ3v) is 9.80. The number of nitrogens with zero attached hydrogens (tertiary/aromatic N) is 4. The van der Waals surface area contributed by atoms with E-state index in [1.54, 1.807) is 62.0 Å². The molecule has 0 spiro atoms. The van der Waals surface area contributed by atoms with Crippen molar-refractivity contribution in [3.63, 3.8) is 0 Å². The van der Waals surface area contributed by atoms with Gasteiger partial charge < -0.3 is 4.74 Å². The summed E-state index contributed by atoms with van der Waals surface area (Å²) in [5, 5.41) is 0.910. The minimum Gasteiger partial charge on any atom is -0.494 e. The Bertz CT molecular complexity index is 1540. The third kappa shape index (κ3) is 4.94. The van der Waals surface area contributed by atoms with E-state index in [-0.39, 0.29) is 23.9 Å². The van der Waals surface area contributed by atoms with Crippen LogP contribution in [0.2, 0.25) is 5.02 Å². The van der Waals surface area contributed by atoms with Crippen LogP contribution in [0.5, 0.6) is 5.75 Å². The van der Waals surface area contributed by atoms with Gasteiger partial charge in [0.2, 0.25) is 15.9 Å². The van der Waals surface area contributed by atoms with Crippen molar-refractivity contribution in [2.75, 3.05) is 18.6 Å². The summed E-state index contributed by atoms with van der Waals surface area (Å²) in [7, 11) is -2.32. The number of hydrogen-bond donors (Lipinski definition) is 0. The minimum atomic E-state index is -3.86. The molecule has 11 heteroatoms. The van der Waals surface area contributed by atoms with Gasteiger partial charge in [0.15, 0.2) is 5.13 Å². The molecule has 1 atom stereocenters. The van der Waals surface area contributed by atoms with Gasteiger partial charge in [-0.05, 0) is 55.7 Å². The van der Waals surface area contributed by atoms with Crippen LogP contribution in [0.25, 0.3) is 10.2 Å². The van der Waals surface area contributed by atoms with Gasteiger partial charge in [0.05, 0.1) is 28.3 Å². The first-order valence-corrected chi connectivity index (χ1v) is 14.3. The SMILES string of the molecule is COc1ccc(Cl)c2sc(N(Cc3cccnc3)C(=O)C3CCCN3S(=O)(=O)c3ccc(C)cc3)nc12. The van der Waals surface area contributed by atoms with Crippen LogP contribution < -0.4 is 9.64 Å². The van der Waals surface area contributed by atoms with Crippen molar-refractivity contribution in [3.05, 3.63) is 77.1 Å². The normalized spacial score (nSPS) is 16.2. The van der Waals surface area contributed by atoms with Crippen LogP contribution >= 0.6 is 22.9 Å². The maximum atomic E-state index is 14.1. The number of carbonyl (C=O) groups is 1. The minimum absolute atomic E-state index is 0.174. The van der Waals surface area contributed by atoms with E-state index in [1.807, 2.05) is 13.0 Å². The maximum absolute atomic E-state index is 14.1. The molecule has 192 valence electrons. The Balaban J connectivity index is 1.55. The van der Waals surface area contributed by atoms with Crippen LogP contribution in [0.3, 0.4) is 0 Å². The van der Waals surface area contributed by atoms with Crippen molar-refractivity contribution >= 4 is 54.2 Å². The molecule has 0 aliphatic carbocycles. The summed E-state index contributed by atoms with van der Waals surface area (Å²) in [5.41, 5.74) is 2.30. The van der Waals surface area contributed by atoms with Crippen LogP contribution in [0, 0.1) is 6.92 Å². The smallest absolute Gasteiger partial charge is 0.247 e. The van der Waals surface area contributed by atoms with Crippen molar-refractivity contribution in [1.82, 2.24) is 14.3 Å². The number of amides is 1. The molecule has 5 rings (SSSR count). The number of ether oxygens (including phenoxy) is 1. The van der Waals surface area contributed by atoms with Crippen molar-refractivity contribution in [2.24, 2.45) is 0 Å². The molecule has 1 aliphatic heterocycles. The van der Waals surface area contributed by atoms with Crippen molar-refractivity contribution < 1.29 is 17.9 Å². The summed E-state index contributed by atoms with van der Waals surface area (Å²) < 4.78 is 34.6. The van der Waals surface area contributed by atoms with Gasteiger partial charge in [-0.1, -0.05) is 46.7 Å². The molecule has 2 aromatic heterocycles. The van der Waals surface area contributed by atoms with E-state index < -0.39 is 16.1 Å². The number of methoxy groups -OCH3 is 1. The first kappa shape index (κ1) is 25.6. The highest BCUT2D eigenvalue weighted by Crippen LogP contribution is 2.40. The summed E-state index contributed by atoms with van der Waals surface area (Å²) in [6, 6.07) is 12.9. The highest BCUT2D eigenvalue weighted by molar-refractivity contribution is 7.89. The molecule has 1 saturated heterocycles. The molecule has 4 aromatic rings. The fraction of sp³-hybridized carbons (Fsp3) is 0.269. The second-order valence-corrected chi connectivity index (χ2v) is 12.1. The van der Waals surface area contributed by atoms with Gasteiger partial charge in [-0.2, -0.15) is 4.31 Å². The fourth-order valence-electron chi connectivity index (χ4n) is 4.44. The molecule has 0 bridgehead atoms. The Hall–Kier alpha value is -3.05. The van der Waals surface area contributed by atoms with Gasteiger partial charge in [0.1, 0.15) is 17.3 Å². The number of thiazole rings is 1. The third-order valence-electron chi connectivity index (χ3n) is 6.34. The van der Waals surface area contributed by atoms with Gasteiger partial charge in [0, 0.05) is 18.9 Å². The lowest BCUT2D eigenvalue weighted by Crippen LogP contribution is -2.47. The van der Waals surface area contributed by atoms with Crippen LogP contribution in [-0.4, -0.2) is 48.3 Å². The van der Waals surface area contributed by atoms with E-state index in [1.165, 1.54) is 20.5 Å². The fourth-order valence-corrected chi connectivity index (χ4v) is 7.35. The average molecular weight is 557 g/mol. The van der Waals surface area contributed by atoms with Crippen molar-refractivity contribution in [1.29, 1.82) is 0 Å². The van der Waals surface area contributed by atoms with Gasteiger partial charge in [0.25, 0.3) is 0 Å². The summed E-state index contributed by atoms with van der Waals surface area (Å²) in [6.45, 7) is 2.35. The number of aromatic nitrogens is 2. The van der Waals surface area contributed by atoms with Gasteiger partial charge in [-0.25, -0.2) is 13.4 Å². The predicted molar refractivity (Wildman–Crippen MR) is 145 cm³/mol. The lowest BCUT2D eigenvalue weighted by Gasteiger charge is -2.28. The predicted octanol–water partition coefficient (Wildman–Crippen LogP) is 5.05. The number of halogens is 1. The molecule has 0 saturated carbocycles. The molecule has 2 aromatic carbocycles. The standard InChI is InChI=1S/C26H25ClN4O4S2/c1-17-7-9-19(10-8-17)37(33,34)31-14-4-6-21(31)25(32)30(16-18-5-3-13-28-15-18)26-29-23-22(35-2)12-11-20(27)24(23)36-26/h3,5,7-13,15,21H,4,6,14,16H2,1-2H3. The molecule has 1 amide bonds. The number of aryl methyl sites for hydroxylation is 1. The molecular formula is C26H25ClN4O4S2. The zero-order valence-corrected chi connectivity index (χ0v) is 22.7. The Labute approximate surface area is 224 Å². The molecule has 0 radical (unpaired) electrons. The van der Waals surface area contributed by atoms with Gasteiger partial charge >= 0.3 is 0 Å². The summed E-state index contributed by atoms with van der Waals surface area (Å²) in [6.07, 6.45) is 4.34. The largest absolute Gasteiger partial charge is 0.494 e. The Morgan fingerprint density at radius 1 is 1.22 bits per heavy atom. The Morgan fingerprint density at radius 3 is 2.70 bits per heavy atom. The number of rotatable bonds is 7. The summed E-state index contributed by atoms with van der Waals surface area (Å²) >= 11 is 7.71. The number of fused-ring (bicyclic) bond motifs is 1. The van der Waals surface area contributed by atoms with E-state index in [9.17, 15) is 13.2 Å². The van der Waals surface area contributed by atoms with Crippen LogP contribution in [0.15, 0.2) is 65.8 Å². The number of benzene rings is 2. The molecule has 3 heterocycles. The Kier molecular flexibility index (Phi) is 7.17. The number of sulfonamides is 1. The second-order valence-electron chi connectivity index (χ2n) is 8.80. The quantitative estimate of drug-likeness (QED) is 0.316. The highest BCUT2D eigenvalue weighted by atomic mass is 35.5. The van der Waals surface area contributed by atoms with Crippen molar-refractivity contribution in [3.8, 4) is 5.75 Å². The van der Waals surface area contributed by atoms with Crippen LogP contribution in [0.1, 0.15) is 24.0 Å². The second kappa shape index (κ2) is 10.4. The summed E-state index contributed by atoms with van der Waals surface area (Å²) in [5.74, 6) is 0.200. The van der Waals surface area contributed by atoms with Gasteiger partial charge in [-0.15, -0.1) is 0 Å². The average Bonchev–Trinajstić information content (AvgIpc) is 3.57. The lowest BCUT2D eigenvalue weighted by atomic mass is 10.2. The highest BCUT2D eigenvalue weighted by Gasteiger charge is 2.42. The Morgan fingerprint density at radius 2 is 2.00 bits per heavy atom. The first-order valence-electron chi connectivity index (χ1n) is 11.7. The molecule has 8 nitrogen and oxygen atoms in total. The molecular weight excluding hydrogens is 532 g/mol. The van der Waals surface area contributed by atoms with E-state index >= 15 is 0 Å². The first-order chi connectivity index (χ1) is 17.8. The van der Waals surface area contributed by atoms with Crippen LogP contribution in [0.4, 0.5) is 5.13 Å². The zero-order valence-electron chi connectivity index (χ0n) is 20.3. The number of carbonyl (C=O) groups excluding carboxylic acids is 1. The molecule has 1 aliphatic rings. The molecule has 1 unspecified atom stereocenters. The van der Waals surface area contributed by atoms with Crippen LogP contribution in [-0.2, 0) is 21.4 Å². The van der Waals surface area contributed by atoms with E-state index in [4.69, 9.17) is 21.3 Å². The topological polar surface area (TPSA) is 92.7 Å². The lowest BCUT2D eigenvalue weighted by molar-refractivity contribution is -0.121. The molecule has 0 N–H and O–H groups in total. The van der Waals surface area contributed by atoms with Crippen molar-refractivity contribution in [2.45, 2.75) is 37.2 Å². The zero-order chi connectivity index (χ0) is 26.2. The number of anilines is 1. The molecule has 1 fully saturated rings. The van der Waals surface area contributed by atoms with E-state index in [0.717, 1.165) is 11.1 Å². The monoisotopic (exact) mass is 556 g/mol. The number of hydrogen-bond acceptors (Lipinski definition) is 7.